The molecule has 1 heterocycles. The Kier molecular flexibility index (Phi) is 3.92. The maximum absolute atomic E-state index is 12.2. The fourth-order valence-electron chi connectivity index (χ4n) is 2.14. The smallest absolute Gasteiger partial charge is 0.236 e. The molecule has 1 aliphatic heterocycles. The highest BCUT2D eigenvalue weighted by atomic mass is 32.2. The van der Waals surface area contributed by atoms with Crippen molar-refractivity contribution in [3.63, 3.8) is 0 Å². The van der Waals surface area contributed by atoms with Crippen LogP contribution in [0.2, 0.25) is 0 Å². The van der Waals surface area contributed by atoms with Crippen molar-refractivity contribution in [1.29, 1.82) is 0 Å². The first-order chi connectivity index (χ1) is 8.53. The van der Waals surface area contributed by atoms with Crippen molar-refractivity contribution in [3.05, 3.63) is 29.8 Å². The lowest BCUT2D eigenvalue weighted by Crippen LogP contribution is -2.37. The van der Waals surface area contributed by atoms with Crippen LogP contribution in [0.4, 0.5) is 5.69 Å². The van der Waals surface area contributed by atoms with Crippen LogP contribution in [0.25, 0.3) is 0 Å². The first-order valence-electron chi connectivity index (χ1n) is 6.35. The van der Waals surface area contributed by atoms with E-state index in [4.69, 9.17) is 0 Å². The molecule has 1 saturated heterocycles. The fraction of sp³-hybridized carbons (Fsp3) is 0.538. The predicted octanol–water partition coefficient (Wildman–Crippen LogP) is 1.38. The second kappa shape index (κ2) is 5.28. The highest BCUT2D eigenvalue weighted by molar-refractivity contribution is 7.92. The summed E-state index contributed by atoms with van der Waals surface area (Å²) in [5, 5.41) is 3.20. The molecular formula is C13H20N2O2S. The van der Waals surface area contributed by atoms with Gasteiger partial charge >= 0.3 is 0 Å². The number of anilines is 1. The Balaban J connectivity index is 2.32. The molecule has 0 amide bonds. The summed E-state index contributed by atoms with van der Waals surface area (Å²) in [6.07, 6.45) is 0.963. The van der Waals surface area contributed by atoms with E-state index in [1.54, 1.807) is 0 Å². The lowest BCUT2D eigenvalue weighted by atomic mass is 10.1. The van der Waals surface area contributed by atoms with Crippen LogP contribution in [-0.2, 0) is 16.4 Å². The topological polar surface area (TPSA) is 49.4 Å². The molecule has 5 heteroatoms. The highest BCUT2D eigenvalue weighted by Crippen LogP contribution is 2.21. The number of nitrogens with zero attached hydrogens (tertiary/aromatic N) is 1. The summed E-state index contributed by atoms with van der Waals surface area (Å²) in [6, 6.07) is 7.96. The number of nitrogens with one attached hydrogen (secondary N) is 1. The maximum atomic E-state index is 12.2. The number of hydrogen-bond donors (Lipinski definition) is 1. The van der Waals surface area contributed by atoms with Gasteiger partial charge in [-0.1, -0.05) is 19.1 Å². The normalized spacial score (nSPS) is 23.7. The molecule has 0 aliphatic carbocycles. The molecule has 2 rings (SSSR count). The van der Waals surface area contributed by atoms with Crippen molar-refractivity contribution >= 4 is 15.7 Å². The van der Waals surface area contributed by atoms with Gasteiger partial charge in [0.05, 0.1) is 11.4 Å². The van der Waals surface area contributed by atoms with Crippen LogP contribution in [0.5, 0.6) is 0 Å². The van der Waals surface area contributed by atoms with Crippen molar-refractivity contribution in [1.82, 2.24) is 5.32 Å². The van der Waals surface area contributed by atoms with Gasteiger partial charge in [-0.2, -0.15) is 0 Å². The van der Waals surface area contributed by atoms with E-state index in [9.17, 15) is 8.42 Å². The number of rotatable bonds is 2. The van der Waals surface area contributed by atoms with Crippen LogP contribution in [0.3, 0.4) is 0 Å². The average Bonchev–Trinajstić information content (AvgIpc) is 2.48. The van der Waals surface area contributed by atoms with Crippen LogP contribution in [0.1, 0.15) is 19.4 Å². The zero-order valence-corrected chi connectivity index (χ0v) is 11.7. The fourth-order valence-corrected chi connectivity index (χ4v) is 3.63. The van der Waals surface area contributed by atoms with E-state index >= 15 is 0 Å². The van der Waals surface area contributed by atoms with E-state index in [-0.39, 0.29) is 11.8 Å². The molecule has 0 bridgehead atoms. The van der Waals surface area contributed by atoms with E-state index in [1.165, 1.54) is 9.87 Å². The summed E-state index contributed by atoms with van der Waals surface area (Å²) in [4.78, 5) is 0. The Hall–Kier alpha value is -1.07. The van der Waals surface area contributed by atoms with Crippen molar-refractivity contribution < 1.29 is 8.42 Å². The van der Waals surface area contributed by atoms with Crippen LogP contribution in [0.15, 0.2) is 24.3 Å². The van der Waals surface area contributed by atoms with Gasteiger partial charge in [-0.3, -0.25) is 4.31 Å². The molecule has 100 valence electrons. The molecule has 18 heavy (non-hydrogen) atoms. The van der Waals surface area contributed by atoms with Gasteiger partial charge in [0, 0.05) is 19.1 Å². The van der Waals surface area contributed by atoms with Crippen LogP contribution < -0.4 is 9.62 Å². The summed E-state index contributed by atoms with van der Waals surface area (Å²) in [5.41, 5.74) is 1.99. The molecule has 1 aromatic carbocycles. The Morgan fingerprint density at radius 1 is 1.33 bits per heavy atom. The maximum Gasteiger partial charge on any atom is 0.236 e. The van der Waals surface area contributed by atoms with Crippen molar-refractivity contribution in [3.8, 4) is 0 Å². The predicted molar refractivity (Wildman–Crippen MR) is 74.4 cm³/mol. The minimum absolute atomic E-state index is 0.160. The Morgan fingerprint density at radius 2 is 2.00 bits per heavy atom. The summed E-state index contributed by atoms with van der Waals surface area (Å²) in [6.45, 7) is 5.11. The Morgan fingerprint density at radius 3 is 2.61 bits per heavy atom. The third-order valence-electron chi connectivity index (χ3n) is 3.26. The molecule has 1 fully saturated rings. The van der Waals surface area contributed by atoms with Gasteiger partial charge in [-0.05, 0) is 31.0 Å². The van der Waals surface area contributed by atoms with E-state index in [0.717, 1.165) is 12.1 Å². The second-order valence-corrected chi connectivity index (χ2v) is 6.74. The van der Waals surface area contributed by atoms with Gasteiger partial charge < -0.3 is 5.32 Å². The highest BCUT2D eigenvalue weighted by Gasteiger charge is 2.27. The summed E-state index contributed by atoms with van der Waals surface area (Å²) in [7, 11) is -3.19. The summed E-state index contributed by atoms with van der Waals surface area (Å²) < 4.78 is 25.9. The molecule has 1 aliphatic rings. The molecule has 1 atom stereocenters. The number of sulfonamides is 1. The minimum Gasteiger partial charge on any atom is -0.311 e. The van der Waals surface area contributed by atoms with Crippen LogP contribution >= 0.6 is 0 Å². The van der Waals surface area contributed by atoms with Gasteiger partial charge in [-0.15, -0.1) is 0 Å². The van der Waals surface area contributed by atoms with Crippen molar-refractivity contribution in [2.45, 2.75) is 26.3 Å². The average molecular weight is 268 g/mol. The van der Waals surface area contributed by atoms with Gasteiger partial charge in [0.2, 0.25) is 10.0 Å². The molecule has 1 unspecified atom stereocenters. The molecule has 0 spiro atoms. The van der Waals surface area contributed by atoms with E-state index in [0.29, 0.717) is 13.1 Å². The van der Waals surface area contributed by atoms with E-state index < -0.39 is 10.0 Å². The number of aryl methyl sites for hydroxylation is 1. The van der Waals surface area contributed by atoms with Crippen molar-refractivity contribution in [2.24, 2.45) is 0 Å². The number of benzene rings is 1. The lowest BCUT2D eigenvalue weighted by molar-refractivity contribution is 0.587. The van der Waals surface area contributed by atoms with E-state index in [1.807, 2.05) is 31.2 Å². The third kappa shape index (κ3) is 2.84. The van der Waals surface area contributed by atoms with Gasteiger partial charge in [-0.25, -0.2) is 8.42 Å². The SMILES string of the molecule is CCc1ccc(N2CC(C)NCCS2(=O)=O)cc1. The van der Waals surface area contributed by atoms with Crippen LogP contribution in [-0.4, -0.2) is 33.3 Å². The zero-order chi connectivity index (χ0) is 13.2. The molecule has 0 saturated carbocycles. The second-order valence-electron chi connectivity index (χ2n) is 4.72. The quantitative estimate of drug-likeness (QED) is 0.881. The van der Waals surface area contributed by atoms with Gasteiger partial charge in [0.25, 0.3) is 0 Å². The number of hydrogen-bond acceptors (Lipinski definition) is 3. The molecule has 1 N–H and O–H groups in total. The summed E-state index contributed by atoms with van der Waals surface area (Å²) >= 11 is 0. The Bertz CT molecular complexity index is 496. The van der Waals surface area contributed by atoms with Gasteiger partial charge in [0.15, 0.2) is 0 Å². The van der Waals surface area contributed by atoms with E-state index in [2.05, 4.69) is 12.2 Å². The molecule has 0 aromatic heterocycles. The van der Waals surface area contributed by atoms with Crippen LogP contribution in [0, 0.1) is 0 Å². The molecule has 0 radical (unpaired) electrons. The molecule has 1 aromatic rings. The molecular weight excluding hydrogens is 248 g/mol. The first-order valence-corrected chi connectivity index (χ1v) is 7.96. The monoisotopic (exact) mass is 268 g/mol. The van der Waals surface area contributed by atoms with Gasteiger partial charge in [0.1, 0.15) is 0 Å². The molecule has 4 nitrogen and oxygen atoms in total. The Labute approximate surface area is 109 Å². The van der Waals surface area contributed by atoms with Crippen molar-refractivity contribution in [2.75, 3.05) is 23.1 Å². The first kappa shape index (κ1) is 13.4. The standard InChI is InChI=1S/C13H20N2O2S/c1-3-12-4-6-13(7-5-12)15-10-11(2)14-8-9-18(15,16)17/h4-7,11,14H,3,8-10H2,1-2H3. The zero-order valence-electron chi connectivity index (χ0n) is 10.9. The summed E-state index contributed by atoms with van der Waals surface area (Å²) in [5.74, 6) is 0.160. The lowest BCUT2D eigenvalue weighted by Gasteiger charge is -2.24. The largest absolute Gasteiger partial charge is 0.311 e. The minimum atomic E-state index is -3.19. The third-order valence-corrected chi connectivity index (χ3v) is 5.01.